The van der Waals surface area contributed by atoms with E-state index in [1.165, 1.54) is 45.1 Å². The fourth-order valence-corrected chi connectivity index (χ4v) is 2.01. The minimum absolute atomic E-state index is 0. The molecule has 3 heteroatoms. The van der Waals surface area contributed by atoms with E-state index in [1.807, 2.05) is 0 Å². The Bertz CT molecular complexity index is 282. The SMILES string of the molecule is CC(C)CCCCCCCn1cc[n+](C)c1.[Br-]. The van der Waals surface area contributed by atoms with Gasteiger partial charge in [-0.15, -0.1) is 0 Å². The van der Waals surface area contributed by atoms with Crippen LogP contribution in [0.2, 0.25) is 0 Å². The number of rotatable bonds is 8. The Kier molecular flexibility index (Phi) is 9.52. The van der Waals surface area contributed by atoms with Crippen molar-refractivity contribution in [3.63, 3.8) is 0 Å². The summed E-state index contributed by atoms with van der Waals surface area (Å²) in [4.78, 5) is 0. The number of aryl methyl sites for hydroxylation is 2. The van der Waals surface area contributed by atoms with Crippen molar-refractivity contribution in [1.82, 2.24) is 4.57 Å². The van der Waals surface area contributed by atoms with E-state index >= 15 is 0 Å². The van der Waals surface area contributed by atoms with Crippen LogP contribution in [0.3, 0.4) is 0 Å². The first kappa shape index (κ1) is 16.7. The molecule has 0 N–H and O–H groups in total. The quantitative estimate of drug-likeness (QED) is 0.483. The maximum Gasteiger partial charge on any atom is 0.243 e. The van der Waals surface area contributed by atoms with Gasteiger partial charge in [0.1, 0.15) is 12.4 Å². The molecule has 0 aliphatic carbocycles. The molecular formula is C14H27BrN2. The summed E-state index contributed by atoms with van der Waals surface area (Å²) in [7, 11) is 2.07. The molecule has 0 amide bonds. The summed E-state index contributed by atoms with van der Waals surface area (Å²) in [5, 5.41) is 0. The molecule has 1 rings (SSSR count). The molecule has 17 heavy (non-hydrogen) atoms. The largest absolute Gasteiger partial charge is 1.00 e. The average molecular weight is 303 g/mol. The highest BCUT2D eigenvalue weighted by atomic mass is 79.9. The van der Waals surface area contributed by atoms with Gasteiger partial charge in [0.05, 0.1) is 13.6 Å². The van der Waals surface area contributed by atoms with Crippen LogP contribution >= 0.6 is 0 Å². The zero-order valence-electron chi connectivity index (χ0n) is 11.5. The van der Waals surface area contributed by atoms with Crippen LogP contribution in [0.1, 0.15) is 52.4 Å². The van der Waals surface area contributed by atoms with Crippen molar-refractivity contribution in [2.45, 2.75) is 58.9 Å². The zero-order chi connectivity index (χ0) is 11.8. The molecule has 0 fully saturated rings. The third-order valence-corrected chi connectivity index (χ3v) is 3.02. The molecule has 0 aromatic carbocycles. The number of hydrogen-bond donors (Lipinski definition) is 0. The molecule has 0 unspecified atom stereocenters. The molecule has 0 saturated heterocycles. The third kappa shape index (κ3) is 8.42. The molecule has 1 aromatic heterocycles. The van der Waals surface area contributed by atoms with Gasteiger partial charge in [0.15, 0.2) is 0 Å². The van der Waals surface area contributed by atoms with Crippen LogP contribution < -0.4 is 21.5 Å². The predicted molar refractivity (Wildman–Crippen MR) is 68.1 cm³/mol. The maximum atomic E-state index is 2.31. The van der Waals surface area contributed by atoms with Crippen molar-refractivity contribution in [3.8, 4) is 0 Å². The van der Waals surface area contributed by atoms with E-state index in [0.29, 0.717) is 0 Å². The molecule has 2 nitrogen and oxygen atoms in total. The number of unbranched alkanes of at least 4 members (excludes halogenated alkanes) is 4. The van der Waals surface area contributed by atoms with Crippen LogP contribution in [0.15, 0.2) is 18.7 Å². The molecule has 100 valence electrons. The summed E-state index contributed by atoms with van der Waals surface area (Å²) in [6.07, 6.45) is 14.7. The summed E-state index contributed by atoms with van der Waals surface area (Å²) < 4.78 is 4.37. The molecule has 1 aromatic rings. The van der Waals surface area contributed by atoms with Gasteiger partial charge in [0.2, 0.25) is 6.33 Å². The van der Waals surface area contributed by atoms with E-state index in [2.05, 4.69) is 48.8 Å². The first-order valence-electron chi connectivity index (χ1n) is 6.69. The lowest BCUT2D eigenvalue weighted by molar-refractivity contribution is -0.671. The van der Waals surface area contributed by atoms with Crippen molar-refractivity contribution in [3.05, 3.63) is 18.7 Å². The second kappa shape index (κ2) is 9.69. The van der Waals surface area contributed by atoms with Crippen LogP contribution in [0, 0.1) is 5.92 Å². The molecule has 0 saturated carbocycles. The van der Waals surface area contributed by atoms with Gasteiger partial charge in [-0.25, -0.2) is 9.13 Å². The van der Waals surface area contributed by atoms with Crippen molar-refractivity contribution >= 4 is 0 Å². The lowest BCUT2D eigenvalue weighted by Crippen LogP contribution is -3.00. The number of nitrogens with zero attached hydrogens (tertiary/aromatic N) is 2. The summed E-state index contributed by atoms with van der Waals surface area (Å²) in [6, 6.07) is 0. The zero-order valence-corrected chi connectivity index (χ0v) is 13.1. The normalized spacial score (nSPS) is 10.6. The fraction of sp³-hybridized carbons (Fsp3) is 0.786. The molecule has 0 spiro atoms. The number of hydrogen-bond acceptors (Lipinski definition) is 0. The molecule has 0 radical (unpaired) electrons. The highest BCUT2D eigenvalue weighted by molar-refractivity contribution is 4.65. The fourth-order valence-electron chi connectivity index (χ4n) is 2.01. The standard InChI is InChI=1S/C14H27N2.BrH/c1-14(2)9-7-5-4-6-8-10-16-12-11-15(3)13-16;/h11-14H,4-10H2,1-3H3;1H/q+1;/p-1. The average Bonchev–Trinajstić information content (AvgIpc) is 2.62. The van der Waals surface area contributed by atoms with Crippen molar-refractivity contribution in [2.75, 3.05) is 0 Å². The summed E-state index contributed by atoms with van der Waals surface area (Å²) in [5.41, 5.74) is 0. The molecule has 0 bridgehead atoms. The van der Waals surface area contributed by atoms with Gasteiger partial charge < -0.3 is 17.0 Å². The van der Waals surface area contributed by atoms with Crippen molar-refractivity contribution in [2.24, 2.45) is 13.0 Å². The van der Waals surface area contributed by atoms with E-state index in [1.54, 1.807) is 0 Å². The number of aromatic nitrogens is 2. The molecule has 0 atom stereocenters. The van der Waals surface area contributed by atoms with Gasteiger partial charge >= 0.3 is 0 Å². The van der Waals surface area contributed by atoms with E-state index in [-0.39, 0.29) is 17.0 Å². The molecule has 0 aliphatic rings. The topological polar surface area (TPSA) is 8.81 Å². The Labute approximate surface area is 117 Å². The van der Waals surface area contributed by atoms with E-state index in [0.717, 1.165) is 5.92 Å². The highest BCUT2D eigenvalue weighted by Crippen LogP contribution is 2.10. The summed E-state index contributed by atoms with van der Waals surface area (Å²) in [5.74, 6) is 0.875. The summed E-state index contributed by atoms with van der Waals surface area (Å²) >= 11 is 0. The van der Waals surface area contributed by atoms with E-state index in [4.69, 9.17) is 0 Å². The number of imidazole rings is 1. The molecule has 0 aliphatic heterocycles. The van der Waals surface area contributed by atoms with Crippen LogP contribution in [0.5, 0.6) is 0 Å². The third-order valence-electron chi connectivity index (χ3n) is 3.02. The highest BCUT2D eigenvalue weighted by Gasteiger charge is 1.99. The first-order valence-corrected chi connectivity index (χ1v) is 6.69. The second-order valence-electron chi connectivity index (χ2n) is 5.27. The van der Waals surface area contributed by atoms with E-state index in [9.17, 15) is 0 Å². The lowest BCUT2D eigenvalue weighted by atomic mass is 10.0. The Morgan fingerprint density at radius 2 is 1.71 bits per heavy atom. The van der Waals surface area contributed by atoms with Crippen LogP contribution in [-0.2, 0) is 13.6 Å². The Balaban J connectivity index is 0.00000256. The van der Waals surface area contributed by atoms with Crippen LogP contribution in [0.25, 0.3) is 0 Å². The van der Waals surface area contributed by atoms with Gasteiger partial charge in [-0.05, 0) is 18.8 Å². The lowest BCUT2D eigenvalue weighted by Gasteiger charge is -2.03. The smallest absolute Gasteiger partial charge is 0.243 e. The van der Waals surface area contributed by atoms with Crippen molar-refractivity contribution < 1.29 is 21.5 Å². The van der Waals surface area contributed by atoms with Gasteiger partial charge in [0, 0.05) is 0 Å². The monoisotopic (exact) mass is 302 g/mol. The Hall–Kier alpha value is -0.310. The van der Waals surface area contributed by atoms with Gasteiger partial charge in [0.25, 0.3) is 0 Å². The first-order chi connectivity index (χ1) is 7.68. The van der Waals surface area contributed by atoms with Gasteiger partial charge in [-0.1, -0.05) is 39.5 Å². The predicted octanol–water partition coefficient (Wildman–Crippen LogP) is 0.313. The minimum Gasteiger partial charge on any atom is -1.00 e. The molecular weight excluding hydrogens is 276 g/mol. The Morgan fingerprint density at radius 1 is 1.06 bits per heavy atom. The van der Waals surface area contributed by atoms with Crippen LogP contribution in [-0.4, -0.2) is 4.57 Å². The molecule has 1 heterocycles. The van der Waals surface area contributed by atoms with E-state index < -0.39 is 0 Å². The Morgan fingerprint density at radius 3 is 2.29 bits per heavy atom. The van der Waals surface area contributed by atoms with Crippen LogP contribution in [0.4, 0.5) is 0 Å². The second-order valence-corrected chi connectivity index (χ2v) is 5.27. The van der Waals surface area contributed by atoms with Crippen molar-refractivity contribution in [1.29, 1.82) is 0 Å². The minimum atomic E-state index is 0. The van der Waals surface area contributed by atoms with Gasteiger partial charge in [-0.2, -0.15) is 0 Å². The summed E-state index contributed by atoms with van der Waals surface area (Å²) in [6.45, 7) is 5.79. The number of halogens is 1. The maximum absolute atomic E-state index is 2.31. The van der Waals surface area contributed by atoms with Gasteiger partial charge in [-0.3, -0.25) is 0 Å².